The average Bonchev–Trinajstić information content (AvgIpc) is 2.43. The Morgan fingerprint density at radius 3 is 3.00 bits per heavy atom. The third-order valence-electron chi connectivity index (χ3n) is 3.40. The number of ether oxygens (including phenoxy) is 1. The second kappa shape index (κ2) is 2.96. The maximum absolute atomic E-state index is 10.6. The van der Waals surface area contributed by atoms with E-state index < -0.39 is 5.97 Å². The quantitative estimate of drug-likeness (QED) is 0.659. The first-order chi connectivity index (χ1) is 6.18. The SMILES string of the molecule is NC[C@]1(CC(=O)O)C[C@H]2CCO[C@H]21. The van der Waals surface area contributed by atoms with E-state index in [1.807, 2.05) is 0 Å². The molecule has 1 heterocycles. The lowest BCUT2D eigenvalue weighted by atomic mass is 9.58. The number of carboxylic acids is 1. The molecule has 1 aliphatic carbocycles. The van der Waals surface area contributed by atoms with E-state index in [4.69, 9.17) is 15.6 Å². The molecule has 2 aliphatic rings. The molecule has 0 radical (unpaired) electrons. The minimum Gasteiger partial charge on any atom is -0.481 e. The van der Waals surface area contributed by atoms with Gasteiger partial charge in [-0.3, -0.25) is 4.79 Å². The molecule has 0 aromatic carbocycles. The van der Waals surface area contributed by atoms with Gasteiger partial charge in [-0.2, -0.15) is 0 Å². The zero-order valence-electron chi connectivity index (χ0n) is 7.53. The van der Waals surface area contributed by atoms with Gasteiger partial charge in [-0.25, -0.2) is 0 Å². The largest absolute Gasteiger partial charge is 0.481 e. The van der Waals surface area contributed by atoms with Crippen LogP contribution in [0.25, 0.3) is 0 Å². The highest BCUT2D eigenvalue weighted by Gasteiger charge is 2.56. The number of carboxylic acid groups (broad SMARTS) is 1. The summed E-state index contributed by atoms with van der Waals surface area (Å²) in [5.41, 5.74) is 5.37. The van der Waals surface area contributed by atoms with E-state index >= 15 is 0 Å². The summed E-state index contributed by atoms with van der Waals surface area (Å²) in [6, 6.07) is 0. The van der Waals surface area contributed by atoms with Gasteiger partial charge in [-0.15, -0.1) is 0 Å². The molecular formula is C9H15NO3. The first-order valence-electron chi connectivity index (χ1n) is 4.71. The Balaban J connectivity index is 2.05. The molecule has 0 aromatic rings. The molecule has 4 nitrogen and oxygen atoms in total. The van der Waals surface area contributed by atoms with Crippen molar-refractivity contribution in [3.05, 3.63) is 0 Å². The van der Waals surface area contributed by atoms with Gasteiger partial charge in [0.1, 0.15) is 0 Å². The van der Waals surface area contributed by atoms with E-state index in [1.54, 1.807) is 0 Å². The number of aliphatic carboxylic acids is 1. The minimum absolute atomic E-state index is 0.119. The molecule has 13 heavy (non-hydrogen) atoms. The van der Waals surface area contributed by atoms with Gasteiger partial charge in [0.15, 0.2) is 0 Å². The Bertz CT molecular complexity index is 231. The van der Waals surface area contributed by atoms with Crippen LogP contribution < -0.4 is 5.73 Å². The number of fused-ring (bicyclic) bond motifs is 1. The molecule has 0 unspecified atom stereocenters. The van der Waals surface area contributed by atoms with Gasteiger partial charge in [-0.1, -0.05) is 0 Å². The lowest BCUT2D eigenvalue weighted by Gasteiger charge is -2.50. The van der Waals surface area contributed by atoms with Crippen LogP contribution in [0, 0.1) is 11.3 Å². The third-order valence-corrected chi connectivity index (χ3v) is 3.40. The summed E-state index contributed by atoms with van der Waals surface area (Å²) in [5, 5.41) is 8.75. The van der Waals surface area contributed by atoms with Crippen molar-refractivity contribution in [2.75, 3.05) is 13.2 Å². The summed E-state index contributed by atoms with van der Waals surface area (Å²) in [4.78, 5) is 10.6. The van der Waals surface area contributed by atoms with Crippen LogP contribution in [0.3, 0.4) is 0 Å². The fourth-order valence-electron chi connectivity index (χ4n) is 2.74. The molecule has 74 valence electrons. The second-order valence-electron chi connectivity index (χ2n) is 4.18. The molecule has 2 rings (SSSR count). The molecule has 3 atom stereocenters. The first-order valence-corrected chi connectivity index (χ1v) is 4.71. The zero-order valence-corrected chi connectivity index (χ0v) is 7.53. The third kappa shape index (κ3) is 1.25. The molecule has 0 amide bonds. The van der Waals surface area contributed by atoms with Crippen LogP contribution >= 0.6 is 0 Å². The van der Waals surface area contributed by atoms with Crippen LogP contribution in [0.4, 0.5) is 0 Å². The zero-order chi connectivity index (χ0) is 9.47. The highest BCUT2D eigenvalue weighted by molar-refractivity contribution is 5.68. The lowest BCUT2D eigenvalue weighted by Crippen LogP contribution is -2.55. The van der Waals surface area contributed by atoms with Crippen LogP contribution in [0.2, 0.25) is 0 Å². The summed E-state index contributed by atoms with van der Waals surface area (Å²) in [7, 11) is 0. The van der Waals surface area contributed by atoms with Gasteiger partial charge < -0.3 is 15.6 Å². The van der Waals surface area contributed by atoms with Gasteiger partial charge in [0.05, 0.1) is 12.5 Å². The topological polar surface area (TPSA) is 72.6 Å². The fraction of sp³-hybridized carbons (Fsp3) is 0.889. The normalized spacial score (nSPS) is 42.5. The van der Waals surface area contributed by atoms with Crippen molar-refractivity contribution in [2.45, 2.75) is 25.4 Å². The smallest absolute Gasteiger partial charge is 0.304 e. The number of hydrogen-bond donors (Lipinski definition) is 2. The van der Waals surface area contributed by atoms with Gasteiger partial charge >= 0.3 is 5.97 Å². The van der Waals surface area contributed by atoms with Gasteiger partial charge in [0, 0.05) is 18.6 Å². The Morgan fingerprint density at radius 1 is 1.69 bits per heavy atom. The Kier molecular flexibility index (Phi) is 2.04. The Morgan fingerprint density at radius 2 is 2.46 bits per heavy atom. The maximum atomic E-state index is 10.6. The summed E-state index contributed by atoms with van der Waals surface area (Å²) in [5.74, 6) is -0.192. The predicted molar refractivity (Wildman–Crippen MR) is 46.2 cm³/mol. The minimum atomic E-state index is -0.764. The Hall–Kier alpha value is -0.610. The number of hydrogen-bond acceptors (Lipinski definition) is 3. The van der Waals surface area contributed by atoms with Crippen molar-refractivity contribution in [2.24, 2.45) is 17.1 Å². The van der Waals surface area contributed by atoms with Crippen molar-refractivity contribution < 1.29 is 14.6 Å². The standard InChI is InChI=1S/C9H15NO3/c10-5-9(4-7(11)12)3-6-1-2-13-8(6)9/h6,8H,1-5,10H2,(H,11,12)/t6-,8-,9-/m1/s1. The number of rotatable bonds is 3. The summed E-state index contributed by atoms with van der Waals surface area (Å²) >= 11 is 0. The molecule has 4 heteroatoms. The van der Waals surface area contributed by atoms with E-state index in [2.05, 4.69) is 0 Å². The van der Waals surface area contributed by atoms with E-state index in [9.17, 15) is 4.79 Å². The molecule has 3 N–H and O–H groups in total. The maximum Gasteiger partial charge on any atom is 0.304 e. The molecule has 1 saturated heterocycles. The molecule has 2 fully saturated rings. The predicted octanol–water partition coefficient (Wildman–Crippen LogP) is 0.215. The van der Waals surface area contributed by atoms with Crippen LogP contribution in [-0.2, 0) is 9.53 Å². The van der Waals surface area contributed by atoms with E-state index in [1.165, 1.54) is 0 Å². The Labute approximate surface area is 77.1 Å². The molecule has 1 saturated carbocycles. The molecule has 0 spiro atoms. The monoisotopic (exact) mass is 185 g/mol. The van der Waals surface area contributed by atoms with Crippen LogP contribution in [0.5, 0.6) is 0 Å². The molecule has 0 aromatic heterocycles. The van der Waals surface area contributed by atoms with E-state index in [0.717, 1.165) is 19.4 Å². The highest BCUT2D eigenvalue weighted by atomic mass is 16.5. The van der Waals surface area contributed by atoms with Crippen molar-refractivity contribution in [3.63, 3.8) is 0 Å². The van der Waals surface area contributed by atoms with Gasteiger partial charge in [-0.05, 0) is 18.8 Å². The van der Waals surface area contributed by atoms with Crippen LogP contribution in [-0.4, -0.2) is 30.3 Å². The van der Waals surface area contributed by atoms with Gasteiger partial charge in [0.25, 0.3) is 0 Å². The fourth-order valence-corrected chi connectivity index (χ4v) is 2.74. The number of carbonyl (C=O) groups is 1. The van der Waals surface area contributed by atoms with Gasteiger partial charge in [0.2, 0.25) is 0 Å². The molecular weight excluding hydrogens is 170 g/mol. The van der Waals surface area contributed by atoms with E-state index in [0.29, 0.717) is 12.5 Å². The average molecular weight is 185 g/mol. The van der Waals surface area contributed by atoms with Crippen LogP contribution in [0.15, 0.2) is 0 Å². The second-order valence-corrected chi connectivity index (χ2v) is 4.18. The molecule has 0 bridgehead atoms. The summed E-state index contributed by atoms with van der Waals surface area (Å²) < 4.78 is 5.52. The summed E-state index contributed by atoms with van der Waals surface area (Å²) in [6.45, 7) is 1.21. The van der Waals surface area contributed by atoms with Crippen molar-refractivity contribution >= 4 is 5.97 Å². The lowest BCUT2D eigenvalue weighted by molar-refractivity contribution is -0.152. The summed E-state index contributed by atoms with van der Waals surface area (Å²) in [6.07, 6.45) is 2.28. The van der Waals surface area contributed by atoms with Crippen molar-refractivity contribution in [3.8, 4) is 0 Å². The highest BCUT2D eigenvalue weighted by Crippen LogP contribution is 2.53. The molecule has 1 aliphatic heterocycles. The van der Waals surface area contributed by atoms with Crippen LogP contribution in [0.1, 0.15) is 19.3 Å². The van der Waals surface area contributed by atoms with Crippen molar-refractivity contribution in [1.82, 2.24) is 0 Å². The van der Waals surface area contributed by atoms with Crippen molar-refractivity contribution in [1.29, 1.82) is 0 Å². The first kappa shape index (κ1) is 8.97. The number of nitrogens with two attached hydrogens (primary N) is 1. The van der Waals surface area contributed by atoms with E-state index in [-0.39, 0.29) is 17.9 Å².